The first-order valence-electron chi connectivity index (χ1n) is 11.3. The Morgan fingerprint density at radius 1 is 1.20 bits per heavy atom. The molecule has 3 fully saturated rings. The van der Waals surface area contributed by atoms with Gasteiger partial charge in [-0.3, -0.25) is 9.59 Å². The van der Waals surface area contributed by atoms with Crippen molar-refractivity contribution in [3.8, 4) is 5.75 Å². The van der Waals surface area contributed by atoms with Crippen molar-refractivity contribution in [2.24, 2.45) is 29.6 Å². The Morgan fingerprint density at radius 3 is 2.60 bits per heavy atom. The van der Waals surface area contributed by atoms with E-state index in [0.29, 0.717) is 41.4 Å². The van der Waals surface area contributed by atoms with Gasteiger partial charge in [-0.15, -0.1) is 0 Å². The van der Waals surface area contributed by atoms with E-state index in [1.165, 1.54) is 7.11 Å². The minimum Gasteiger partial charge on any atom is -0.489 e. The number of rotatable bonds is 5. The fourth-order valence-corrected chi connectivity index (χ4v) is 5.97. The predicted molar refractivity (Wildman–Crippen MR) is 111 cm³/mol. The van der Waals surface area contributed by atoms with Crippen molar-refractivity contribution in [1.29, 1.82) is 0 Å². The van der Waals surface area contributed by atoms with Crippen molar-refractivity contribution in [2.75, 3.05) is 33.4 Å². The third-order valence-corrected chi connectivity index (χ3v) is 7.59. The molecule has 1 aliphatic carbocycles. The molecule has 0 spiro atoms. The van der Waals surface area contributed by atoms with Crippen molar-refractivity contribution in [2.45, 2.75) is 38.2 Å². The Bertz CT molecular complexity index is 813. The van der Waals surface area contributed by atoms with Crippen LogP contribution in [0.1, 0.15) is 48.0 Å². The van der Waals surface area contributed by atoms with Crippen molar-refractivity contribution < 1.29 is 23.8 Å². The largest absolute Gasteiger partial charge is 0.489 e. The number of carbonyl (C=O) groups is 2. The molecule has 1 aromatic rings. The Labute approximate surface area is 177 Å². The lowest BCUT2D eigenvalue weighted by Gasteiger charge is -2.46. The number of benzene rings is 1. The minimum absolute atomic E-state index is 0.0985. The van der Waals surface area contributed by atoms with Crippen LogP contribution in [-0.2, 0) is 14.3 Å². The molecule has 1 N–H and O–H groups in total. The lowest BCUT2D eigenvalue weighted by Crippen LogP contribution is -2.56. The maximum absolute atomic E-state index is 13.0. The summed E-state index contributed by atoms with van der Waals surface area (Å²) < 4.78 is 17.3. The zero-order valence-electron chi connectivity index (χ0n) is 17.8. The van der Waals surface area contributed by atoms with Gasteiger partial charge in [0.05, 0.1) is 31.8 Å². The molecule has 30 heavy (non-hydrogen) atoms. The Kier molecular flexibility index (Phi) is 5.31. The number of carbonyl (C=O) groups excluding carboxylic acids is 2. The highest BCUT2D eigenvalue weighted by Gasteiger charge is 2.45. The van der Waals surface area contributed by atoms with Crippen LogP contribution in [0, 0.1) is 29.6 Å². The molecule has 5 atom stereocenters. The van der Waals surface area contributed by atoms with E-state index in [9.17, 15) is 9.59 Å². The highest BCUT2D eigenvalue weighted by Crippen LogP contribution is 2.48. The molecule has 3 heterocycles. The third kappa shape index (κ3) is 3.54. The summed E-state index contributed by atoms with van der Waals surface area (Å²) in [4.78, 5) is 25.2. The zero-order chi connectivity index (χ0) is 20.8. The summed E-state index contributed by atoms with van der Waals surface area (Å²) in [7, 11) is 1.45. The molecule has 3 unspecified atom stereocenters. The lowest BCUT2D eigenvalue weighted by molar-refractivity contribution is -0.145. The molecular formula is C24H31NO5. The molecule has 0 aromatic heterocycles. The molecule has 3 aliphatic heterocycles. The SMILES string of the molecule is COC(=O)[C@@H](C)[C@H](c1ccc2c(c1)OC(C1C3CNCC1COC3)CC2=O)C1CC1. The van der Waals surface area contributed by atoms with Gasteiger partial charge in [-0.2, -0.15) is 0 Å². The quantitative estimate of drug-likeness (QED) is 0.749. The number of esters is 1. The Hall–Kier alpha value is -1.92. The van der Waals surface area contributed by atoms with Crippen molar-refractivity contribution in [3.63, 3.8) is 0 Å². The first-order chi connectivity index (χ1) is 14.6. The second kappa shape index (κ2) is 7.97. The smallest absolute Gasteiger partial charge is 0.309 e. The molecule has 2 bridgehead atoms. The summed E-state index contributed by atoms with van der Waals surface area (Å²) in [6.07, 6.45) is 2.60. The number of methoxy groups -OCH3 is 1. The van der Waals surface area contributed by atoms with Crippen LogP contribution >= 0.6 is 0 Å². The van der Waals surface area contributed by atoms with E-state index in [1.807, 2.05) is 25.1 Å². The normalized spacial score (nSPS) is 32.5. The number of Topliss-reactive ketones (excluding diaryl/α,β-unsaturated/α-hetero) is 1. The summed E-state index contributed by atoms with van der Waals surface area (Å²) in [5.41, 5.74) is 1.75. The second-order valence-corrected chi connectivity index (χ2v) is 9.51. The predicted octanol–water partition coefficient (Wildman–Crippen LogP) is 2.81. The fraction of sp³-hybridized carbons (Fsp3) is 0.667. The number of ether oxygens (including phenoxy) is 3. The van der Waals surface area contributed by atoms with E-state index in [4.69, 9.17) is 14.2 Å². The van der Waals surface area contributed by atoms with Crippen LogP contribution in [0.25, 0.3) is 0 Å². The molecule has 4 aliphatic rings. The zero-order valence-corrected chi connectivity index (χ0v) is 17.8. The number of fused-ring (bicyclic) bond motifs is 3. The van der Waals surface area contributed by atoms with E-state index in [-0.39, 0.29) is 29.7 Å². The summed E-state index contributed by atoms with van der Waals surface area (Å²) in [5.74, 6) is 2.18. The molecule has 5 rings (SSSR count). The number of nitrogens with one attached hydrogen (secondary N) is 1. The molecule has 2 saturated heterocycles. The molecule has 1 saturated carbocycles. The number of hydrogen-bond acceptors (Lipinski definition) is 6. The number of ketones is 1. The van der Waals surface area contributed by atoms with Gasteiger partial charge in [0.25, 0.3) is 0 Å². The minimum atomic E-state index is -0.212. The van der Waals surface area contributed by atoms with E-state index in [2.05, 4.69) is 5.32 Å². The summed E-state index contributed by atoms with van der Waals surface area (Å²) in [5, 5.41) is 3.49. The molecule has 0 amide bonds. The number of hydrogen-bond donors (Lipinski definition) is 1. The van der Waals surface area contributed by atoms with Gasteiger partial charge in [0.2, 0.25) is 0 Å². The summed E-state index contributed by atoms with van der Waals surface area (Å²) in [6.45, 7) is 5.25. The van der Waals surface area contributed by atoms with Crippen LogP contribution in [-0.4, -0.2) is 51.3 Å². The number of piperidine rings is 1. The third-order valence-electron chi connectivity index (χ3n) is 7.59. The Balaban J connectivity index is 1.43. The Morgan fingerprint density at radius 2 is 1.93 bits per heavy atom. The van der Waals surface area contributed by atoms with Crippen LogP contribution in [0.4, 0.5) is 0 Å². The molecule has 0 radical (unpaired) electrons. The van der Waals surface area contributed by atoms with Crippen molar-refractivity contribution in [3.05, 3.63) is 29.3 Å². The first kappa shape index (κ1) is 20.0. The topological polar surface area (TPSA) is 73.9 Å². The summed E-state index contributed by atoms with van der Waals surface area (Å²) in [6, 6.07) is 5.93. The van der Waals surface area contributed by atoms with Crippen LogP contribution in [0.2, 0.25) is 0 Å². The van der Waals surface area contributed by atoms with Gasteiger partial charge in [0.15, 0.2) is 5.78 Å². The van der Waals surface area contributed by atoms with Gasteiger partial charge in [0, 0.05) is 37.3 Å². The van der Waals surface area contributed by atoms with Gasteiger partial charge in [-0.05, 0) is 42.4 Å². The molecule has 6 nitrogen and oxygen atoms in total. The maximum atomic E-state index is 13.0. The van der Waals surface area contributed by atoms with Gasteiger partial charge >= 0.3 is 5.97 Å². The van der Waals surface area contributed by atoms with E-state index in [0.717, 1.165) is 44.7 Å². The second-order valence-electron chi connectivity index (χ2n) is 9.51. The van der Waals surface area contributed by atoms with Crippen molar-refractivity contribution >= 4 is 11.8 Å². The van der Waals surface area contributed by atoms with Crippen LogP contribution in [0.3, 0.4) is 0 Å². The van der Waals surface area contributed by atoms with Crippen molar-refractivity contribution in [1.82, 2.24) is 5.32 Å². The van der Waals surface area contributed by atoms with Crippen LogP contribution < -0.4 is 10.1 Å². The van der Waals surface area contributed by atoms with Gasteiger partial charge in [-0.1, -0.05) is 13.0 Å². The standard InChI is InChI=1S/C24H31NO5/c1-13(24(27)28-2)22(14-3-4-14)15-5-6-18-19(26)8-21(30-20(18)7-15)23-16-9-25-10-17(23)12-29-11-16/h5-7,13-14,16-17,21-23,25H,3-4,8-12H2,1-2H3/t13-,16?,17?,21?,22-,23?/m0/s1. The van der Waals surface area contributed by atoms with Gasteiger partial charge < -0.3 is 19.5 Å². The van der Waals surface area contributed by atoms with Gasteiger partial charge in [-0.25, -0.2) is 0 Å². The highest BCUT2D eigenvalue weighted by atomic mass is 16.5. The van der Waals surface area contributed by atoms with Gasteiger partial charge in [0.1, 0.15) is 11.9 Å². The molecular weight excluding hydrogens is 382 g/mol. The first-order valence-corrected chi connectivity index (χ1v) is 11.3. The van der Waals surface area contributed by atoms with E-state index in [1.54, 1.807) is 0 Å². The highest BCUT2D eigenvalue weighted by molar-refractivity contribution is 6.00. The maximum Gasteiger partial charge on any atom is 0.309 e. The average molecular weight is 414 g/mol. The average Bonchev–Trinajstić information content (AvgIpc) is 3.57. The van der Waals surface area contributed by atoms with E-state index < -0.39 is 0 Å². The lowest BCUT2D eigenvalue weighted by atomic mass is 9.72. The van der Waals surface area contributed by atoms with Crippen LogP contribution in [0.15, 0.2) is 18.2 Å². The monoisotopic (exact) mass is 413 g/mol. The van der Waals surface area contributed by atoms with E-state index >= 15 is 0 Å². The molecule has 162 valence electrons. The summed E-state index contributed by atoms with van der Waals surface area (Å²) >= 11 is 0. The molecule has 1 aromatic carbocycles. The molecule has 6 heteroatoms. The fourth-order valence-electron chi connectivity index (χ4n) is 5.97. The van der Waals surface area contributed by atoms with Crippen LogP contribution in [0.5, 0.6) is 5.75 Å².